The molecule has 0 saturated heterocycles. The van der Waals surface area contributed by atoms with Gasteiger partial charge >= 0.3 is 29.6 Å². The van der Waals surface area contributed by atoms with E-state index in [0.29, 0.717) is 21.4 Å². The molecule has 7 heteroatoms. The number of anilines is 2. The summed E-state index contributed by atoms with van der Waals surface area (Å²) in [6.07, 6.45) is 0. The zero-order valence-corrected chi connectivity index (χ0v) is 15.0. The van der Waals surface area contributed by atoms with Crippen LogP contribution in [0.1, 0.15) is 15.9 Å². The summed E-state index contributed by atoms with van der Waals surface area (Å²) in [6, 6.07) is 9.87. The molecule has 2 aromatic carbocycles. The predicted molar refractivity (Wildman–Crippen MR) is 78.9 cm³/mol. The number of halogens is 2. The van der Waals surface area contributed by atoms with Gasteiger partial charge in [-0.1, -0.05) is 41.4 Å². The molecule has 0 saturated carbocycles. The summed E-state index contributed by atoms with van der Waals surface area (Å²) in [7, 11) is 0. The Morgan fingerprint density at radius 2 is 1.71 bits per heavy atom. The number of carboxylic acids is 1. The van der Waals surface area contributed by atoms with Gasteiger partial charge < -0.3 is 20.7 Å². The molecule has 0 aliphatic rings. The quantitative estimate of drug-likeness (QED) is 0.774. The van der Waals surface area contributed by atoms with E-state index in [1.54, 1.807) is 37.3 Å². The number of rotatable bonds is 3. The smallest absolute Gasteiger partial charge is 0.545 e. The molecule has 21 heavy (non-hydrogen) atoms. The molecule has 0 aliphatic heterocycles. The Labute approximate surface area is 154 Å². The average Bonchev–Trinajstić information content (AvgIpc) is 2.40. The van der Waals surface area contributed by atoms with Gasteiger partial charge in [-0.3, -0.25) is 0 Å². The number of nitrogens with one attached hydrogen (secondary N) is 1. The fraction of sp³-hybridized carbons (Fsp3) is 0.0714. The van der Waals surface area contributed by atoms with E-state index in [1.165, 1.54) is 6.07 Å². The van der Waals surface area contributed by atoms with Crippen molar-refractivity contribution in [2.24, 2.45) is 0 Å². The first kappa shape index (κ1) is 20.2. The van der Waals surface area contributed by atoms with Crippen LogP contribution in [0, 0.1) is 6.92 Å². The SMILES string of the molecule is Cc1c(Cl)ccc(Nc2ccccc2C(=O)[O-])c1Cl.O.[Na+]. The molecule has 0 heterocycles. The maximum Gasteiger partial charge on any atom is 1.00 e. The van der Waals surface area contributed by atoms with Crippen molar-refractivity contribution in [3.05, 3.63) is 57.6 Å². The van der Waals surface area contributed by atoms with E-state index in [1.807, 2.05) is 0 Å². The molecular weight excluding hydrogens is 324 g/mol. The minimum atomic E-state index is -1.25. The molecule has 106 valence electrons. The summed E-state index contributed by atoms with van der Waals surface area (Å²) >= 11 is 12.1. The van der Waals surface area contributed by atoms with Crippen LogP contribution in [0.4, 0.5) is 11.4 Å². The van der Waals surface area contributed by atoms with Gasteiger partial charge in [0.2, 0.25) is 0 Å². The number of carboxylic acid groups (broad SMARTS) is 1. The number of aromatic carboxylic acids is 1. The van der Waals surface area contributed by atoms with Crippen molar-refractivity contribution in [2.45, 2.75) is 6.92 Å². The third-order valence-corrected chi connectivity index (χ3v) is 3.63. The van der Waals surface area contributed by atoms with Crippen molar-refractivity contribution >= 4 is 40.5 Å². The van der Waals surface area contributed by atoms with Crippen molar-refractivity contribution < 1.29 is 44.9 Å². The zero-order chi connectivity index (χ0) is 14.0. The molecule has 2 rings (SSSR count). The molecule has 0 fully saturated rings. The number of carbonyl (C=O) groups excluding carboxylic acids is 1. The van der Waals surface area contributed by atoms with Crippen LogP contribution in [-0.2, 0) is 0 Å². The average molecular weight is 336 g/mol. The summed E-state index contributed by atoms with van der Waals surface area (Å²) in [4.78, 5) is 11.0. The summed E-state index contributed by atoms with van der Waals surface area (Å²) in [5.41, 5.74) is 1.83. The molecule has 0 spiro atoms. The first-order valence-corrected chi connectivity index (χ1v) is 6.28. The Balaban J connectivity index is 0.00000200. The zero-order valence-electron chi connectivity index (χ0n) is 11.5. The molecule has 3 N–H and O–H groups in total. The van der Waals surface area contributed by atoms with Crippen LogP contribution in [-0.4, -0.2) is 11.4 Å². The number of hydrogen-bond acceptors (Lipinski definition) is 3. The van der Waals surface area contributed by atoms with E-state index in [9.17, 15) is 9.90 Å². The first-order chi connectivity index (χ1) is 9.00. The van der Waals surface area contributed by atoms with Crippen LogP contribution in [0.5, 0.6) is 0 Å². The molecule has 0 radical (unpaired) electrons. The summed E-state index contributed by atoms with van der Waals surface area (Å²) in [5.74, 6) is -1.25. The van der Waals surface area contributed by atoms with Crippen molar-refractivity contribution in [1.82, 2.24) is 0 Å². The largest absolute Gasteiger partial charge is 1.00 e. The van der Waals surface area contributed by atoms with Crippen LogP contribution in [0.2, 0.25) is 10.0 Å². The third-order valence-electron chi connectivity index (χ3n) is 2.74. The number of hydrogen-bond donors (Lipinski definition) is 1. The Hall–Kier alpha value is -0.750. The van der Waals surface area contributed by atoms with Crippen LogP contribution in [0.15, 0.2) is 36.4 Å². The van der Waals surface area contributed by atoms with Gasteiger partial charge in [0.15, 0.2) is 0 Å². The van der Waals surface area contributed by atoms with Crippen molar-refractivity contribution in [3.8, 4) is 0 Å². The Kier molecular flexibility index (Phi) is 8.33. The van der Waals surface area contributed by atoms with Crippen LogP contribution >= 0.6 is 23.2 Å². The van der Waals surface area contributed by atoms with Gasteiger partial charge in [0.05, 0.1) is 16.7 Å². The molecule has 0 bridgehead atoms. The molecule has 0 unspecified atom stereocenters. The minimum Gasteiger partial charge on any atom is -0.545 e. The van der Waals surface area contributed by atoms with Crippen LogP contribution in [0.3, 0.4) is 0 Å². The molecule has 4 nitrogen and oxygen atoms in total. The van der Waals surface area contributed by atoms with Gasteiger partial charge in [0.1, 0.15) is 0 Å². The normalized spacial score (nSPS) is 9.29. The standard InChI is InChI=1S/C14H11Cl2NO2.Na.H2O/c1-8-10(15)6-7-12(13(8)16)17-11-5-3-2-4-9(11)14(18)19;;/h2-7,17H,1H3,(H,18,19);;1H2/q;+1;/p-1. The second-order valence-electron chi connectivity index (χ2n) is 3.99. The Morgan fingerprint density at radius 3 is 2.33 bits per heavy atom. The van der Waals surface area contributed by atoms with Crippen LogP contribution < -0.4 is 40.0 Å². The summed E-state index contributed by atoms with van der Waals surface area (Å²) in [5, 5.41) is 15.0. The predicted octanol–water partition coefficient (Wildman–Crippen LogP) is -0.412. The first-order valence-electron chi connectivity index (χ1n) is 5.52. The number of benzene rings is 2. The van der Waals surface area contributed by atoms with Gasteiger partial charge in [-0.2, -0.15) is 0 Å². The molecule has 0 aliphatic carbocycles. The van der Waals surface area contributed by atoms with E-state index >= 15 is 0 Å². The molecule has 2 aromatic rings. The minimum absolute atomic E-state index is 0. The molecular formula is C14H12Cl2NNaO3. The third kappa shape index (κ3) is 4.61. The van der Waals surface area contributed by atoms with Crippen molar-refractivity contribution in [1.29, 1.82) is 0 Å². The van der Waals surface area contributed by atoms with Gasteiger partial charge in [-0.25, -0.2) is 0 Å². The Bertz CT molecular complexity index is 650. The maximum absolute atomic E-state index is 11.0. The number of para-hydroxylation sites is 1. The Morgan fingerprint density at radius 1 is 1.10 bits per heavy atom. The fourth-order valence-corrected chi connectivity index (χ4v) is 2.09. The van der Waals surface area contributed by atoms with Crippen LogP contribution in [0.25, 0.3) is 0 Å². The second-order valence-corrected chi connectivity index (χ2v) is 4.78. The second kappa shape index (κ2) is 8.63. The molecule has 0 aromatic heterocycles. The van der Waals surface area contributed by atoms with Gasteiger partial charge in [-0.05, 0) is 30.7 Å². The van der Waals surface area contributed by atoms with E-state index in [-0.39, 0.29) is 40.6 Å². The van der Waals surface area contributed by atoms with Crippen molar-refractivity contribution in [2.75, 3.05) is 5.32 Å². The number of carbonyl (C=O) groups is 1. The molecule has 0 amide bonds. The van der Waals surface area contributed by atoms with Gasteiger partial charge in [0, 0.05) is 16.3 Å². The monoisotopic (exact) mass is 335 g/mol. The van der Waals surface area contributed by atoms with Gasteiger partial charge in [-0.15, -0.1) is 0 Å². The van der Waals surface area contributed by atoms with Crippen molar-refractivity contribution in [3.63, 3.8) is 0 Å². The topological polar surface area (TPSA) is 83.7 Å². The van der Waals surface area contributed by atoms with Gasteiger partial charge in [0.25, 0.3) is 0 Å². The summed E-state index contributed by atoms with van der Waals surface area (Å²) < 4.78 is 0. The molecule has 0 atom stereocenters. The fourth-order valence-electron chi connectivity index (χ4n) is 1.67. The van der Waals surface area contributed by atoms with E-state index in [4.69, 9.17) is 23.2 Å². The van der Waals surface area contributed by atoms with E-state index in [0.717, 1.165) is 5.56 Å². The van der Waals surface area contributed by atoms with E-state index in [2.05, 4.69) is 5.32 Å². The summed E-state index contributed by atoms with van der Waals surface area (Å²) in [6.45, 7) is 1.79. The van der Waals surface area contributed by atoms with E-state index < -0.39 is 5.97 Å². The maximum atomic E-state index is 11.0.